The van der Waals surface area contributed by atoms with Crippen molar-refractivity contribution in [2.45, 2.75) is 6.54 Å². The SMILES string of the molecule is O=C(O)/C=C/c1cnccc1C(=O)NCc1ccon1. The molecular weight excluding hydrogens is 262 g/mol. The Hall–Kier alpha value is -2.96. The van der Waals surface area contributed by atoms with E-state index in [-0.39, 0.29) is 12.5 Å². The minimum absolute atomic E-state index is 0.222. The van der Waals surface area contributed by atoms with Crippen molar-refractivity contribution in [3.8, 4) is 0 Å². The zero-order valence-corrected chi connectivity index (χ0v) is 10.3. The summed E-state index contributed by atoms with van der Waals surface area (Å²) < 4.78 is 4.65. The van der Waals surface area contributed by atoms with Crippen LogP contribution in [0.4, 0.5) is 0 Å². The Morgan fingerprint density at radius 2 is 2.25 bits per heavy atom. The lowest BCUT2D eigenvalue weighted by Gasteiger charge is -2.05. The van der Waals surface area contributed by atoms with Crippen LogP contribution >= 0.6 is 0 Å². The average Bonchev–Trinajstić information content (AvgIpc) is 2.96. The molecule has 0 aliphatic heterocycles. The van der Waals surface area contributed by atoms with Gasteiger partial charge in [-0.2, -0.15) is 0 Å². The number of carboxylic acids is 1. The number of carbonyl (C=O) groups excluding carboxylic acids is 1. The molecule has 20 heavy (non-hydrogen) atoms. The summed E-state index contributed by atoms with van der Waals surface area (Å²) in [6.45, 7) is 0.222. The zero-order valence-electron chi connectivity index (χ0n) is 10.3. The van der Waals surface area contributed by atoms with Gasteiger partial charge in [0, 0.05) is 35.7 Å². The lowest BCUT2D eigenvalue weighted by atomic mass is 10.1. The molecule has 2 heterocycles. The molecule has 2 aromatic heterocycles. The summed E-state index contributed by atoms with van der Waals surface area (Å²) in [7, 11) is 0. The highest BCUT2D eigenvalue weighted by Gasteiger charge is 2.10. The summed E-state index contributed by atoms with van der Waals surface area (Å²) in [4.78, 5) is 26.4. The summed E-state index contributed by atoms with van der Waals surface area (Å²) in [6, 6.07) is 3.15. The Balaban J connectivity index is 2.11. The van der Waals surface area contributed by atoms with Gasteiger partial charge in [-0.15, -0.1) is 0 Å². The normalized spacial score (nSPS) is 10.6. The van der Waals surface area contributed by atoms with Crippen LogP contribution in [0, 0.1) is 0 Å². The predicted molar refractivity (Wildman–Crippen MR) is 68.6 cm³/mol. The molecule has 1 amide bonds. The number of nitrogens with zero attached hydrogens (tertiary/aromatic N) is 2. The van der Waals surface area contributed by atoms with Crippen molar-refractivity contribution >= 4 is 18.0 Å². The van der Waals surface area contributed by atoms with E-state index in [1.165, 1.54) is 30.8 Å². The molecule has 0 atom stereocenters. The molecule has 0 saturated heterocycles. The molecule has 2 N–H and O–H groups in total. The maximum atomic E-state index is 12.0. The number of aliphatic carboxylic acids is 1. The standard InChI is InChI=1S/C13H11N3O4/c17-12(18)2-1-9-7-14-5-3-11(9)13(19)15-8-10-4-6-20-16-10/h1-7H,8H2,(H,15,19)(H,17,18)/b2-1+. The van der Waals surface area contributed by atoms with Gasteiger partial charge in [0.15, 0.2) is 0 Å². The summed E-state index contributed by atoms with van der Waals surface area (Å²) in [5.41, 5.74) is 1.35. The first-order valence-corrected chi connectivity index (χ1v) is 5.69. The fourth-order valence-corrected chi connectivity index (χ4v) is 1.50. The van der Waals surface area contributed by atoms with Crippen LogP contribution in [0.2, 0.25) is 0 Å². The number of hydrogen-bond donors (Lipinski definition) is 2. The molecule has 0 unspecified atom stereocenters. The van der Waals surface area contributed by atoms with E-state index >= 15 is 0 Å². The second-order valence-corrected chi connectivity index (χ2v) is 3.81. The smallest absolute Gasteiger partial charge is 0.328 e. The number of pyridine rings is 1. The van der Waals surface area contributed by atoms with Crippen molar-refractivity contribution in [1.82, 2.24) is 15.5 Å². The molecular formula is C13H11N3O4. The fourth-order valence-electron chi connectivity index (χ4n) is 1.50. The summed E-state index contributed by atoms with van der Waals surface area (Å²) in [5.74, 6) is -1.44. The van der Waals surface area contributed by atoms with Crippen LogP contribution in [0.15, 0.2) is 41.4 Å². The van der Waals surface area contributed by atoms with Crippen LogP contribution in [0.1, 0.15) is 21.6 Å². The molecule has 7 nitrogen and oxygen atoms in total. The van der Waals surface area contributed by atoms with E-state index in [1.54, 1.807) is 6.07 Å². The number of rotatable bonds is 5. The van der Waals surface area contributed by atoms with Crippen molar-refractivity contribution in [3.63, 3.8) is 0 Å². The van der Waals surface area contributed by atoms with Gasteiger partial charge in [-0.3, -0.25) is 9.78 Å². The van der Waals surface area contributed by atoms with Gasteiger partial charge in [-0.25, -0.2) is 4.79 Å². The van der Waals surface area contributed by atoms with E-state index in [9.17, 15) is 9.59 Å². The highest BCUT2D eigenvalue weighted by Crippen LogP contribution is 2.09. The molecule has 0 fully saturated rings. The van der Waals surface area contributed by atoms with Crippen molar-refractivity contribution in [2.24, 2.45) is 0 Å². The van der Waals surface area contributed by atoms with Crippen LogP contribution in [0.25, 0.3) is 6.08 Å². The quantitative estimate of drug-likeness (QED) is 0.790. The van der Waals surface area contributed by atoms with Gasteiger partial charge in [-0.05, 0) is 12.1 Å². The lowest BCUT2D eigenvalue weighted by molar-refractivity contribution is -0.131. The van der Waals surface area contributed by atoms with Crippen LogP contribution in [-0.4, -0.2) is 27.1 Å². The first kappa shape index (κ1) is 13.5. The van der Waals surface area contributed by atoms with Gasteiger partial charge in [0.1, 0.15) is 12.0 Å². The second-order valence-electron chi connectivity index (χ2n) is 3.81. The monoisotopic (exact) mass is 273 g/mol. The van der Waals surface area contributed by atoms with Crippen LogP contribution in [0.5, 0.6) is 0 Å². The molecule has 102 valence electrons. The second kappa shape index (κ2) is 6.28. The summed E-state index contributed by atoms with van der Waals surface area (Å²) in [6.07, 6.45) is 6.56. The molecule has 0 aliphatic carbocycles. The Labute approximate surface area is 113 Å². The lowest BCUT2D eigenvalue weighted by Crippen LogP contribution is -2.23. The minimum atomic E-state index is -1.09. The maximum absolute atomic E-state index is 12.0. The molecule has 0 saturated carbocycles. The van der Waals surface area contributed by atoms with Crippen LogP contribution in [0.3, 0.4) is 0 Å². The topological polar surface area (TPSA) is 105 Å². The van der Waals surface area contributed by atoms with E-state index in [4.69, 9.17) is 5.11 Å². The highest BCUT2D eigenvalue weighted by atomic mass is 16.5. The van der Waals surface area contributed by atoms with Crippen molar-refractivity contribution in [2.75, 3.05) is 0 Å². The Bertz CT molecular complexity index is 635. The van der Waals surface area contributed by atoms with Gasteiger partial charge >= 0.3 is 5.97 Å². The number of nitrogens with one attached hydrogen (secondary N) is 1. The third-order valence-electron chi connectivity index (χ3n) is 2.42. The first-order valence-electron chi connectivity index (χ1n) is 5.69. The first-order chi connectivity index (χ1) is 9.66. The average molecular weight is 273 g/mol. The van der Waals surface area contributed by atoms with Crippen molar-refractivity contribution < 1.29 is 19.2 Å². The van der Waals surface area contributed by atoms with E-state index in [2.05, 4.69) is 20.0 Å². The molecule has 0 aromatic carbocycles. The molecule has 0 spiro atoms. The third kappa shape index (κ3) is 3.52. The van der Waals surface area contributed by atoms with Gasteiger partial charge in [0.25, 0.3) is 5.91 Å². The van der Waals surface area contributed by atoms with Gasteiger partial charge in [0.2, 0.25) is 0 Å². The number of carboxylic acid groups (broad SMARTS) is 1. The Morgan fingerprint density at radius 1 is 1.40 bits per heavy atom. The fraction of sp³-hybridized carbons (Fsp3) is 0.0769. The van der Waals surface area contributed by atoms with E-state index in [1.807, 2.05) is 0 Å². The van der Waals surface area contributed by atoms with Gasteiger partial charge in [-0.1, -0.05) is 5.16 Å². The van der Waals surface area contributed by atoms with E-state index < -0.39 is 5.97 Å². The third-order valence-corrected chi connectivity index (χ3v) is 2.42. The number of amides is 1. The highest BCUT2D eigenvalue weighted by molar-refractivity contribution is 5.98. The Morgan fingerprint density at radius 3 is 2.95 bits per heavy atom. The molecule has 2 rings (SSSR count). The zero-order chi connectivity index (χ0) is 14.4. The molecule has 0 bridgehead atoms. The summed E-state index contributed by atoms with van der Waals surface area (Å²) >= 11 is 0. The number of carbonyl (C=O) groups is 2. The van der Waals surface area contributed by atoms with Crippen LogP contribution in [-0.2, 0) is 11.3 Å². The largest absolute Gasteiger partial charge is 0.478 e. The predicted octanol–water partition coefficient (Wildman–Crippen LogP) is 1.10. The van der Waals surface area contributed by atoms with E-state index in [0.29, 0.717) is 16.8 Å². The van der Waals surface area contributed by atoms with Gasteiger partial charge < -0.3 is 14.9 Å². The minimum Gasteiger partial charge on any atom is -0.478 e. The maximum Gasteiger partial charge on any atom is 0.328 e. The van der Waals surface area contributed by atoms with Crippen molar-refractivity contribution in [1.29, 1.82) is 0 Å². The van der Waals surface area contributed by atoms with E-state index in [0.717, 1.165) is 6.08 Å². The molecule has 2 aromatic rings. The number of aromatic nitrogens is 2. The van der Waals surface area contributed by atoms with Crippen molar-refractivity contribution in [3.05, 3.63) is 53.7 Å². The van der Waals surface area contributed by atoms with Gasteiger partial charge in [0.05, 0.1) is 6.54 Å². The molecule has 0 aliphatic rings. The van der Waals surface area contributed by atoms with Crippen LogP contribution < -0.4 is 5.32 Å². The molecule has 7 heteroatoms. The number of hydrogen-bond acceptors (Lipinski definition) is 5. The Kier molecular flexibility index (Phi) is 4.23. The molecule has 0 radical (unpaired) electrons. The summed E-state index contributed by atoms with van der Waals surface area (Å²) in [5, 5.41) is 14.9.